The molecule has 0 spiro atoms. The quantitative estimate of drug-likeness (QED) is 0.607. The lowest BCUT2D eigenvalue weighted by molar-refractivity contribution is 0.0270. The minimum absolute atomic E-state index is 0.107. The average molecular weight is 221 g/mol. The van der Waals surface area contributed by atoms with Crippen LogP contribution in [0.2, 0.25) is 0 Å². The van der Waals surface area contributed by atoms with Crippen molar-refractivity contribution >= 4 is 11.7 Å². The van der Waals surface area contributed by atoms with E-state index in [1.54, 1.807) is 18.2 Å². The first kappa shape index (κ1) is 11.0. The molecule has 2 rings (SSSR count). The Morgan fingerprint density at radius 1 is 1.56 bits per heavy atom. The number of nitrogen functional groups attached to an aromatic ring is 1. The fourth-order valence-corrected chi connectivity index (χ4v) is 1.74. The highest BCUT2D eigenvalue weighted by Crippen LogP contribution is 2.16. The molecule has 4 nitrogen and oxygen atoms in total. The number of anilines is 1. The molecule has 0 bridgehead atoms. The Hall–Kier alpha value is -1.55. The lowest BCUT2D eigenvalue weighted by atomic mass is 10.1. The number of aryl methyl sites for hydroxylation is 1. The number of rotatable bonds is 2. The number of ether oxygens (including phenoxy) is 2. The molecule has 1 fully saturated rings. The molecule has 0 aliphatic carbocycles. The number of esters is 1. The van der Waals surface area contributed by atoms with E-state index in [0.29, 0.717) is 24.5 Å². The summed E-state index contributed by atoms with van der Waals surface area (Å²) in [6.45, 7) is 3.01. The molecule has 0 saturated carbocycles. The van der Waals surface area contributed by atoms with Crippen molar-refractivity contribution in [1.82, 2.24) is 0 Å². The minimum Gasteiger partial charge on any atom is -0.456 e. The summed E-state index contributed by atoms with van der Waals surface area (Å²) in [7, 11) is 0. The van der Waals surface area contributed by atoms with Gasteiger partial charge in [-0.15, -0.1) is 0 Å². The lowest BCUT2D eigenvalue weighted by Gasteiger charge is -2.11. The highest BCUT2D eigenvalue weighted by Gasteiger charge is 2.21. The summed E-state index contributed by atoms with van der Waals surface area (Å²) < 4.78 is 10.5. The number of carbonyl (C=O) groups excluding carboxylic acids is 1. The van der Waals surface area contributed by atoms with Gasteiger partial charge < -0.3 is 15.2 Å². The molecule has 1 aromatic rings. The van der Waals surface area contributed by atoms with E-state index in [1.807, 2.05) is 6.92 Å². The molecule has 1 saturated heterocycles. The SMILES string of the molecule is Cc1cc(N)ccc1C(=O)OC1CCOC1. The normalized spacial score (nSPS) is 19.7. The van der Waals surface area contributed by atoms with Crippen LogP contribution >= 0.6 is 0 Å². The summed E-state index contributed by atoms with van der Waals surface area (Å²) in [6.07, 6.45) is 0.671. The van der Waals surface area contributed by atoms with Crippen molar-refractivity contribution in [2.45, 2.75) is 19.4 Å². The first-order valence-electron chi connectivity index (χ1n) is 5.31. The third kappa shape index (κ3) is 2.33. The van der Waals surface area contributed by atoms with E-state index in [2.05, 4.69) is 0 Å². The van der Waals surface area contributed by atoms with E-state index >= 15 is 0 Å². The Morgan fingerprint density at radius 2 is 2.38 bits per heavy atom. The highest BCUT2D eigenvalue weighted by molar-refractivity contribution is 5.91. The van der Waals surface area contributed by atoms with Gasteiger partial charge in [-0.1, -0.05) is 0 Å². The van der Waals surface area contributed by atoms with Gasteiger partial charge in [-0.3, -0.25) is 0 Å². The molecule has 1 aliphatic rings. The zero-order valence-corrected chi connectivity index (χ0v) is 9.23. The third-order valence-corrected chi connectivity index (χ3v) is 2.63. The van der Waals surface area contributed by atoms with Crippen LogP contribution in [0, 0.1) is 6.92 Å². The van der Waals surface area contributed by atoms with Crippen molar-refractivity contribution < 1.29 is 14.3 Å². The Balaban J connectivity index is 2.08. The second kappa shape index (κ2) is 4.53. The third-order valence-electron chi connectivity index (χ3n) is 2.63. The van der Waals surface area contributed by atoms with Gasteiger partial charge >= 0.3 is 5.97 Å². The van der Waals surface area contributed by atoms with Crippen LogP contribution in [0.5, 0.6) is 0 Å². The van der Waals surface area contributed by atoms with Gasteiger partial charge in [0.1, 0.15) is 6.10 Å². The zero-order valence-electron chi connectivity index (χ0n) is 9.23. The van der Waals surface area contributed by atoms with Crippen molar-refractivity contribution in [3.05, 3.63) is 29.3 Å². The number of carbonyl (C=O) groups is 1. The molecule has 86 valence electrons. The van der Waals surface area contributed by atoms with Crippen LogP contribution in [0.15, 0.2) is 18.2 Å². The van der Waals surface area contributed by atoms with Gasteiger partial charge in [0.15, 0.2) is 0 Å². The summed E-state index contributed by atoms with van der Waals surface area (Å²) >= 11 is 0. The maximum absolute atomic E-state index is 11.8. The van der Waals surface area contributed by atoms with Crippen LogP contribution in [0.4, 0.5) is 5.69 Å². The van der Waals surface area contributed by atoms with Crippen molar-refractivity contribution in [3.63, 3.8) is 0 Å². The molecule has 1 heterocycles. The summed E-state index contributed by atoms with van der Waals surface area (Å²) in [5.41, 5.74) is 7.68. The van der Waals surface area contributed by atoms with E-state index in [9.17, 15) is 4.79 Å². The van der Waals surface area contributed by atoms with Crippen LogP contribution in [-0.2, 0) is 9.47 Å². The van der Waals surface area contributed by atoms with E-state index in [1.165, 1.54) is 0 Å². The largest absolute Gasteiger partial charge is 0.456 e. The van der Waals surface area contributed by atoms with Gasteiger partial charge in [-0.25, -0.2) is 4.79 Å². The van der Waals surface area contributed by atoms with Crippen LogP contribution in [0.3, 0.4) is 0 Å². The van der Waals surface area contributed by atoms with Gasteiger partial charge in [0.25, 0.3) is 0 Å². The second-order valence-electron chi connectivity index (χ2n) is 3.97. The molecular weight excluding hydrogens is 206 g/mol. The first-order valence-corrected chi connectivity index (χ1v) is 5.31. The van der Waals surface area contributed by atoms with Crippen LogP contribution in [0.1, 0.15) is 22.3 Å². The Bertz CT molecular complexity index is 397. The minimum atomic E-state index is -0.298. The van der Waals surface area contributed by atoms with Crippen LogP contribution in [0.25, 0.3) is 0 Å². The van der Waals surface area contributed by atoms with E-state index < -0.39 is 0 Å². The smallest absolute Gasteiger partial charge is 0.338 e. The molecule has 16 heavy (non-hydrogen) atoms. The standard InChI is InChI=1S/C12H15NO3/c1-8-6-9(13)2-3-11(8)12(14)16-10-4-5-15-7-10/h2-3,6,10H,4-5,7,13H2,1H3. The Labute approximate surface area is 94.3 Å². The van der Waals surface area contributed by atoms with E-state index in [0.717, 1.165) is 12.0 Å². The fraction of sp³-hybridized carbons (Fsp3) is 0.417. The predicted molar refractivity (Wildman–Crippen MR) is 60.2 cm³/mol. The van der Waals surface area contributed by atoms with E-state index in [4.69, 9.17) is 15.2 Å². The topological polar surface area (TPSA) is 61.6 Å². The summed E-state index contributed by atoms with van der Waals surface area (Å²) in [5, 5.41) is 0. The van der Waals surface area contributed by atoms with Gasteiger partial charge in [-0.05, 0) is 30.7 Å². The van der Waals surface area contributed by atoms with Crippen molar-refractivity contribution in [2.75, 3.05) is 18.9 Å². The van der Waals surface area contributed by atoms with Crippen LogP contribution in [-0.4, -0.2) is 25.3 Å². The maximum atomic E-state index is 11.8. The summed E-state index contributed by atoms with van der Waals surface area (Å²) in [5.74, 6) is -0.298. The van der Waals surface area contributed by atoms with Gasteiger partial charge in [-0.2, -0.15) is 0 Å². The second-order valence-corrected chi connectivity index (χ2v) is 3.97. The molecule has 0 aromatic heterocycles. The lowest BCUT2D eigenvalue weighted by Crippen LogP contribution is -2.18. The summed E-state index contributed by atoms with van der Waals surface area (Å²) in [6, 6.07) is 5.17. The molecule has 4 heteroatoms. The van der Waals surface area contributed by atoms with Crippen molar-refractivity contribution in [1.29, 1.82) is 0 Å². The Kier molecular flexibility index (Phi) is 3.10. The molecule has 1 aromatic carbocycles. The van der Waals surface area contributed by atoms with Gasteiger partial charge in [0.05, 0.1) is 18.8 Å². The fourth-order valence-electron chi connectivity index (χ4n) is 1.74. The predicted octanol–water partition coefficient (Wildman–Crippen LogP) is 1.52. The molecule has 2 N–H and O–H groups in total. The summed E-state index contributed by atoms with van der Waals surface area (Å²) in [4.78, 5) is 11.8. The number of nitrogens with two attached hydrogens (primary N) is 1. The van der Waals surface area contributed by atoms with Crippen LogP contribution < -0.4 is 5.73 Å². The van der Waals surface area contributed by atoms with Gasteiger partial charge in [0, 0.05) is 12.1 Å². The number of hydrogen-bond donors (Lipinski definition) is 1. The molecule has 0 radical (unpaired) electrons. The molecule has 0 amide bonds. The monoisotopic (exact) mass is 221 g/mol. The van der Waals surface area contributed by atoms with E-state index in [-0.39, 0.29) is 12.1 Å². The number of benzene rings is 1. The van der Waals surface area contributed by atoms with Crippen molar-refractivity contribution in [2.24, 2.45) is 0 Å². The highest BCUT2D eigenvalue weighted by atomic mass is 16.6. The molecule has 1 unspecified atom stereocenters. The molecular formula is C12H15NO3. The average Bonchev–Trinajstić information content (AvgIpc) is 2.70. The first-order chi connectivity index (χ1) is 7.66. The zero-order chi connectivity index (χ0) is 11.5. The maximum Gasteiger partial charge on any atom is 0.338 e. The van der Waals surface area contributed by atoms with Gasteiger partial charge in [0.2, 0.25) is 0 Å². The number of hydrogen-bond acceptors (Lipinski definition) is 4. The molecule has 1 atom stereocenters. The van der Waals surface area contributed by atoms with Crippen molar-refractivity contribution in [3.8, 4) is 0 Å². The Morgan fingerprint density at radius 3 is 3.00 bits per heavy atom. The molecule has 1 aliphatic heterocycles.